The first-order valence-corrected chi connectivity index (χ1v) is 5.89. The van der Waals surface area contributed by atoms with Crippen LogP contribution in [0.1, 0.15) is 5.56 Å². The van der Waals surface area contributed by atoms with Gasteiger partial charge < -0.3 is 10.4 Å². The molecule has 2 rings (SSSR count). The lowest BCUT2D eigenvalue weighted by atomic mass is 10.2. The molecule has 94 valence electrons. The number of amides is 1. The number of benzene rings is 2. The summed E-state index contributed by atoms with van der Waals surface area (Å²) in [7, 11) is 0. The van der Waals surface area contributed by atoms with Gasteiger partial charge in [-0.15, -0.1) is 0 Å². The molecule has 0 unspecified atom stereocenters. The first-order valence-electron chi connectivity index (χ1n) is 5.52. The van der Waals surface area contributed by atoms with Gasteiger partial charge in [-0.05, 0) is 30.3 Å². The third-order valence-corrected chi connectivity index (χ3v) is 2.60. The van der Waals surface area contributed by atoms with Crippen molar-refractivity contribution in [2.45, 2.75) is 0 Å². The number of hydrogen-bond donors (Lipinski definition) is 2. The molecular formula is C15H10ClNO2. The monoisotopic (exact) mass is 271 g/mol. The van der Waals surface area contributed by atoms with Gasteiger partial charge in [-0.3, -0.25) is 4.79 Å². The van der Waals surface area contributed by atoms with Crippen LogP contribution in [-0.4, -0.2) is 11.0 Å². The summed E-state index contributed by atoms with van der Waals surface area (Å²) in [4.78, 5) is 11.6. The summed E-state index contributed by atoms with van der Waals surface area (Å²) in [5, 5.41) is 12.0. The van der Waals surface area contributed by atoms with E-state index in [2.05, 4.69) is 17.2 Å². The molecule has 0 heterocycles. The van der Waals surface area contributed by atoms with E-state index in [4.69, 9.17) is 11.6 Å². The largest absolute Gasteiger partial charge is 0.506 e. The van der Waals surface area contributed by atoms with Crippen molar-refractivity contribution in [3.63, 3.8) is 0 Å². The molecule has 0 aliphatic carbocycles. The maximum absolute atomic E-state index is 11.6. The number of anilines is 1. The molecule has 2 N–H and O–H groups in total. The van der Waals surface area contributed by atoms with Crippen LogP contribution in [0.2, 0.25) is 5.02 Å². The number of carbonyl (C=O) groups is 1. The van der Waals surface area contributed by atoms with Gasteiger partial charge in [0.05, 0.1) is 5.02 Å². The molecule has 0 saturated heterocycles. The summed E-state index contributed by atoms with van der Waals surface area (Å²) in [5.74, 6) is 4.75. The van der Waals surface area contributed by atoms with E-state index in [0.29, 0.717) is 5.69 Å². The normalized spacial score (nSPS) is 9.32. The predicted molar refractivity (Wildman–Crippen MR) is 75.1 cm³/mol. The Bertz CT molecular complexity index is 657. The molecule has 4 heteroatoms. The fourth-order valence-electron chi connectivity index (χ4n) is 1.40. The SMILES string of the molecule is O=C(C#Cc1ccccc1)Nc1ccc(O)c(Cl)c1. The van der Waals surface area contributed by atoms with Crippen LogP contribution >= 0.6 is 11.6 Å². The number of phenols is 1. The molecule has 0 radical (unpaired) electrons. The van der Waals surface area contributed by atoms with Gasteiger partial charge in [-0.1, -0.05) is 35.7 Å². The number of hydrogen-bond acceptors (Lipinski definition) is 2. The Morgan fingerprint density at radius 3 is 2.58 bits per heavy atom. The Hall–Kier alpha value is -2.44. The number of aromatic hydroxyl groups is 1. The van der Waals surface area contributed by atoms with E-state index in [0.717, 1.165) is 5.56 Å². The van der Waals surface area contributed by atoms with Crippen molar-refractivity contribution in [2.24, 2.45) is 0 Å². The van der Waals surface area contributed by atoms with Crippen molar-refractivity contribution in [2.75, 3.05) is 5.32 Å². The average molecular weight is 272 g/mol. The van der Waals surface area contributed by atoms with Crippen LogP contribution in [-0.2, 0) is 4.79 Å². The Balaban J connectivity index is 2.06. The summed E-state index contributed by atoms with van der Waals surface area (Å²) in [6, 6.07) is 13.6. The van der Waals surface area contributed by atoms with Gasteiger partial charge in [0.1, 0.15) is 5.75 Å². The van der Waals surface area contributed by atoms with E-state index in [9.17, 15) is 9.90 Å². The molecule has 19 heavy (non-hydrogen) atoms. The zero-order chi connectivity index (χ0) is 13.7. The molecule has 0 saturated carbocycles. The quantitative estimate of drug-likeness (QED) is 0.619. The van der Waals surface area contributed by atoms with Gasteiger partial charge in [0.2, 0.25) is 0 Å². The second kappa shape index (κ2) is 5.94. The summed E-state index contributed by atoms with van der Waals surface area (Å²) in [6.45, 7) is 0. The van der Waals surface area contributed by atoms with Gasteiger partial charge >= 0.3 is 5.91 Å². The van der Waals surface area contributed by atoms with Gasteiger partial charge in [0.15, 0.2) is 0 Å². The van der Waals surface area contributed by atoms with Crippen LogP contribution in [0, 0.1) is 11.8 Å². The third kappa shape index (κ3) is 3.77. The minimum atomic E-state index is -0.439. The van der Waals surface area contributed by atoms with E-state index in [1.807, 2.05) is 30.3 Å². The Morgan fingerprint density at radius 2 is 1.89 bits per heavy atom. The zero-order valence-corrected chi connectivity index (χ0v) is 10.6. The molecule has 0 aromatic heterocycles. The summed E-state index contributed by atoms with van der Waals surface area (Å²) in [6.07, 6.45) is 0. The zero-order valence-electron chi connectivity index (χ0n) is 9.85. The molecular weight excluding hydrogens is 262 g/mol. The van der Waals surface area contributed by atoms with E-state index >= 15 is 0 Å². The fourth-order valence-corrected chi connectivity index (χ4v) is 1.58. The van der Waals surface area contributed by atoms with Crippen LogP contribution in [0.25, 0.3) is 0 Å². The number of nitrogens with one attached hydrogen (secondary N) is 1. The smallest absolute Gasteiger partial charge is 0.300 e. The number of carbonyl (C=O) groups excluding carboxylic acids is 1. The summed E-state index contributed by atoms with van der Waals surface area (Å²) in [5.41, 5.74) is 1.25. The van der Waals surface area contributed by atoms with Crippen molar-refractivity contribution in [3.05, 3.63) is 59.1 Å². The highest BCUT2D eigenvalue weighted by Crippen LogP contribution is 2.25. The van der Waals surface area contributed by atoms with Crippen molar-refractivity contribution in [1.29, 1.82) is 0 Å². The van der Waals surface area contributed by atoms with Crippen molar-refractivity contribution < 1.29 is 9.90 Å². The average Bonchev–Trinajstić information content (AvgIpc) is 2.42. The maximum Gasteiger partial charge on any atom is 0.300 e. The fraction of sp³-hybridized carbons (Fsp3) is 0. The lowest BCUT2D eigenvalue weighted by Gasteiger charge is -2.02. The minimum Gasteiger partial charge on any atom is -0.506 e. The lowest BCUT2D eigenvalue weighted by Crippen LogP contribution is -2.08. The highest BCUT2D eigenvalue weighted by Gasteiger charge is 2.02. The standard InChI is InChI=1S/C15H10ClNO2/c16-13-10-12(7-8-14(13)18)17-15(19)9-6-11-4-2-1-3-5-11/h1-5,7-8,10,18H,(H,17,19). The van der Waals surface area contributed by atoms with E-state index in [1.165, 1.54) is 12.1 Å². The predicted octanol–water partition coefficient (Wildman–Crippen LogP) is 3.04. The molecule has 0 bridgehead atoms. The number of phenolic OH excluding ortho intramolecular Hbond substituents is 1. The highest BCUT2D eigenvalue weighted by atomic mass is 35.5. The molecule has 3 nitrogen and oxygen atoms in total. The molecule has 0 spiro atoms. The van der Waals surface area contributed by atoms with Gasteiger partial charge in [0, 0.05) is 17.2 Å². The van der Waals surface area contributed by atoms with Gasteiger partial charge in [-0.25, -0.2) is 0 Å². The molecule has 0 aliphatic rings. The molecule has 0 atom stereocenters. The molecule has 2 aromatic carbocycles. The van der Waals surface area contributed by atoms with E-state index in [1.54, 1.807) is 6.07 Å². The molecule has 0 aliphatic heterocycles. The van der Waals surface area contributed by atoms with Crippen molar-refractivity contribution >= 4 is 23.2 Å². The van der Waals surface area contributed by atoms with Crippen LogP contribution in [0.5, 0.6) is 5.75 Å². The molecule has 1 amide bonds. The summed E-state index contributed by atoms with van der Waals surface area (Å²) >= 11 is 5.73. The topological polar surface area (TPSA) is 49.3 Å². The number of rotatable bonds is 1. The van der Waals surface area contributed by atoms with Gasteiger partial charge in [0.25, 0.3) is 0 Å². The second-order valence-corrected chi connectivity index (χ2v) is 4.14. The molecule has 2 aromatic rings. The lowest BCUT2D eigenvalue weighted by molar-refractivity contribution is -0.111. The van der Waals surface area contributed by atoms with E-state index in [-0.39, 0.29) is 10.8 Å². The third-order valence-electron chi connectivity index (χ3n) is 2.30. The second-order valence-electron chi connectivity index (χ2n) is 3.74. The first-order chi connectivity index (χ1) is 9.15. The van der Waals surface area contributed by atoms with Gasteiger partial charge in [-0.2, -0.15) is 0 Å². The van der Waals surface area contributed by atoms with Crippen LogP contribution in [0.4, 0.5) is 5.69 Å². The first kappa shape index (κ1) is 13.0. The summed E-state index contributed by atoms with van der Waals surface area (Å²) < 4.78 is 0. The maximum atomic E-state index is 11.6. The minimum absolute atomic E-state index is 0.0324. The van der Waals surface area contributed by atoms with Crippen molar-refractivity contribution in [3.8, 4) is 17.6 Å². The Morgan fingerprint density at radius 1 is 1.16 bits per heavy atom. The van der Waals surface area contributed by atoms with Crippen LogP contribution < -0.4 is 5.32 Å². The van der Waals surface area contributed by atoms with E-state index < -0.39 is 5.91 Å². The highest BCUT2D eigenvalue weighted by molar-refractivity contribution is 6.32. The van der Waals surface area contributed by atoms with Crippen LogP contribution in [0.3, 0.4) is 0 Å². The molecule has 0 fully saturated rings. The van der Waals surface area contributed by atoms with Crippen molar-refractivity contribution in [1.82, 2.24) is 0 Å². The number of halogens is 1. The Kier molecular flexibility index (Phi) is 4.07. The van der Waals surface area contributed by atoms with Crippen LogP contribution in [0.15, 0.2) is 48.5 Å². The Labute approximate surface area is 115 Å².